The fraction of sp³-hybridized carbons (Fsp3) is 0.500. The third-order valence-corrected chi connectivity index (χ3v) is 7.22. The van der Waals surface area contributed by atoms with Crippen molar-refractivity contribution in [3.63, 3.8) is 0 Å². The van der Waals surface area contributed by atoms with E-state index in [-0.39, 0.29) is 21.7 Å². The molecular weight excluding hydrogens is 330 g/mol. The van der Waals surface area contributed by atoms with Crippen molar-refractivity contribution in [3.05, 3.63) is 17.0 Å². The summed E-state index contributed by atoms with van der Waals surface area (Å²) in [4.78, 5) is 11.9. The SMILES string of the molecule is O=C(NC1CCS(=O)CC1)c1csc(S(=O)(=O)Cl)c1. The average molecular weight is 342 g/mol. The summed E-state index contributed by atoms with van der Waals surface area (Å²) in [6.07, 6.45) is 1.37. The van der Waals surface area contributed by atoms with Crippen molar-refractivity contribution in [2.45, 2.75) is 23.1 Å². The highest BCUT2D eigenvalue weighted by Crippen LogP contribution is 2.23. The van der Waals surface area contributed by atoms with Gasteiger partial charge in [-0.15, -0.1) is 11.3 Å². The fourth-order valence-corrected chi connectivity index (χ4v) is 5.02. The highest BCUT2D eigenvalue weighted by molar-refractivity contribution is 8.15. The molecule has 0 atom stereocenters. The van der Waals surface area contributed by atoms with Gasteiger partial charge in [-0.25, -0.2) is 8.42 Å². The molecule has 1 aliphatic rings. The van der Waals surface area contributed by atoms with Gasteiger partial charge in [0.25, 0.3) is 15.0 Å². The molecule has 0 aromatic carbocycles. The number of thiophene rings is 1. The lowest BCUT2D eigenvalue weighted by atomic mass is 10.1. The highest BCUT2D eigenvalue weighted by Gasteiger charge is 2.22. The van der Waals surface area contributed by atoms with Crippen LogP contribution < -0.4 is 5.32 Å². The normalized spacial score (nSPS) is 24.1. The molecule has 106 valence electrons. The first-order valence-corrected chi connectivity index (χ1v) is 10.2. The van der Waals surface area contributed by atoms with Gasteiger partial charge < -0.3 is 5.32 Å². The molecule has 1 aromatic rings. The Morgan fingerprint density at radius 1 is 1.42 bits per heavy atom. The van der Waals surface area contributed by atoms with E-state index in [1.165, 1.54) is 11.4 Å². The van der Waals surface area contributed by atoms with Gasteiger partial charge in [0.15, 0.2) is 0 Å². The van der Waals surface area contributed by atoms with Crippen LogP contribution in [-0.2, 0) is 19.9 Å². The molecule has 0 bridgehead atoms. The lowest BCUT2D eigenvalue weighted by molar-refractivity contribution is 0.0935. The summed E-state index contributed by atoms with van der Waals surface area (Å²) >= 11 is 0.918. The van der Waals surface area contributed by atoms with Crippen LogP contribution >= 0.6 is 22.0 Å². The molecule has 1 amide bonds. The molecule has 19 heavy (non-hydrogen) atoms. The van der Waals surface area contributed by atoms with E-state index in [0.29, 0.717) is 24.3 Å². The molecule has 0 radical (unpaired) electrons. The van der Waals surface area contributed by atoms with Crippen LogP contribution in [0.4, 0.5) is 0 Å². The third kappa shape index (κ3) is 4.01. The zero-order valence-electron chi connectivity index (χ0n) is 9.80. The quantitative estimate of drug-likeness (QED) is 0.841. The molecule has 1 aliphatic heterocycles. The molecule has 5 nitrogen and oxygen atoms in total. The number of nitrogens with one attached hydrogen (secondary N) is 1. The Bertz CT molecular complexity index is 600. The number of halogens is 1. The number of hydrogen-bond acceptors (Lipinski definition) is 5. The lowest BCUT2D eigenvalue weighted by Gasteiger charge is -2.22. The molecule has 1 fully saturated rings. The molecule has 0 spiro atoms. The lowest BCUT2D eigenvalue weighted by Crippen LogP contribution is -2.39. The summed E-state index contributed by atoms with van der Waals surface area (Å²) in [5, 5.41) is 4.28. The Hall–Kier alpha value is -0.440. The van der Waals surface area contributed by atoms with Gasteiger partial charge in [0.2, 0.25) is 0 Å². The Balaban J connectivity index is 2.00. The first-order valence-electron chi connectivity index (χ1n) is 5.55. The van der Waals surface area contributed by atoms with Gasteiger partial charge in [-0.1, -0.05) is 0 Å². The van der Waals surface area contributed by atoms with Gasteiger partial charge in [-0.05, 0) is 18.9 Å². The molecule has 0 unspecified atom stereocenters. The zero-order valence-corrected chi connectivity index (χ0v) is 13.0. The average Bonchev–Trinajstić information content (AvgIpc) is 2.81. The third-order valence-electron chi connectivity index (χ3n) is 2.80. The minimum Gasteiger partial charge on any atom is -0.349 e. The molecule has 0 saturated carbocycles. The maximum Gasteiger partial charge on any atom is 0.270 e. The number of carbonyl (C=O) groups is 1. The van der Waals surface area contributed by atoms with Crippen molar-refractivity contribution < 1.29 is 17.4 Å². The van der Waals surface area contributed by atoms with E-state index >= 15 is 0 Å². The van der Waals surface area contributed by atoms with Crippen LogP contribution in [0.3, 0.4) is 0 Å². The van der Waals surface area contributed by atoms with Crippen LogP contribution in [0.1, 0.15) is 23.2 Å². The van der Waals surface area contributed by atoms with Gasteiger partial charge >= 0.3 is 0 Å². The summed E-state index contributed by atoms with van der Waals surface area (Å²) in [5.41, 5.74) is 0.288. The second-order valence-corrected chi connectivity index (χ2v) is 9.59. The molecule has 2 heterocycles. The summed E-state index contributed by atoms with van der Waals surface area (Å²) in [6, 6.07) is 1.27. The molecule has 9 heteroatoms. The van der Waals surface area contributed by atoms with Crippen molar-refractivity contribution in [2.75, 3.05) is 11.5 Å². The van der Waals surface area contributed by atoms with Crippen LogP contribution in [0, 0.1) is 0 Å². The first kappa shape index (κ1) is 15.0. The number of carbonyl (C=O) groups excluding carboxylic acids is 1. The first-order chi connectivity index (χ1) is 8.86. The number of amides is 1. The Labute approximate surface area is 122 Å². The van der Waals surface area contributed by atoms with Crippen molar-refractivity contribution in [1.29, 1.82) is 0 Å². The van der Waals surface area contributed by atoms with E-state index in [0.717, 1.165) is 11.3 Å². The monoisotopic (exact) mass is 341 g/mol. The molecule has 1 saturated heterocycles. The Morgan fingerprint density at radius 3 is 2.58 bits per heavy atom. The maximum atomic E-state index is 11.9. The summed E-state index contributed by atoms with van der Waals surface area (Å²) in [5.74, 6) is 0.867. The van der Waals surface area contributed by atoms with Crippen molar-refractivity contribution >= 4 is 47.8 Å². The molecule has 2 rings (SSSR count). The summed E-state index contributed by atoms with van der Waals surface area (Å²) in [6.45, 7) is 0. The second kappa shape index (κ2) is 5.90. The molecule has 1 aromatic heterocycles. The maximum absolute atomic E-state index is 11.9. The van der Waals surface area contributed by atoms with Gasteiger partial charge in [-0.3, -0.25) is 9.00 Å². The van der Waals surface area contributed by atoms with Gasteiger partial charge in [0, 0.05) is 44.4 Å². The second-order valence-electron chi connectivity index (χ2n) is 4.19. The highest BCUT2D eigenvalue weighted by atomic mass is 35.7. The number of hydrogen-bond donors (Lipinski definition) is 1. The van der Waals surface area contributed by atoms with Crippen LogP contribution in [-0.4, -0.2) is 36.1 Å². The minimum atomic E-state index is -3.79. The Morgan fingerprint density at radius 2 is 2.05 bits per heavy atom. The predicted molar refractivity (Wildman–Crippen MR) is 75.7 cm³/mol. The van der Waals surface area contributed by atoms with Crippen molar-refractivity contribution in [3.8, 4) is 0 Å². The fourth-order valence-electron chi connectivity index (χ4n) is 1.77. The van der Waals surface area contributed by atoms with Crippen LogP contribution in [0.5, 0.6) is 0 Å². The number of rotatable bonds is 3. The van der Waals surface area contributed by atoms with Gasteiger partial charge in [0.05, 0.1) is 5.56 Å². The van der Waals surface area contributed by atoms with E-state index in [9.17, 15) is 17.4 Å². The van der Waals surface area contributed by atoms with Crippen molar-refractivity contribution in [2.24, 2.45) is 0 Å². The van der Waals surface area contributed by atoms with Crippen LogP contribution in [0.15, 0.2) is 15.7 Å². The van der Waals surface area contributed by atoms with E-state index in [1.54, 1.807) is 0 Å². The summed E-state index contributed by atoms with van der Waals surface area (Å²) in [7, 11) is 0.642. The van der Waals surface area contributed by atoms with E-state index in [1.807, 2.05) is 0 Å². The smallest absolute Gasteiger partial charge is 0.270 e. The largest absolute Gasteiger partial charge is 0.349 e. The predicted octanol–water partition coefficient (Wildman–Crippen LogP) is 1.32. The van der Waals surface area contributed by atoms with Crippen LogP contribution in [0.2, 0.25) is 0 Å². The molecule has 1 N–H and O–H groups in total. The van der Waals surface area contributed by atoms with Crippen LogP contribution in [0.25, 0.3) is 0 Å². The van der Waals surface area contributed by atoms with Gasteiger partial charge in [-0.2, -0.15) is 0 Å². The van der Waals surface area contributed by atoms with E-state index in [4.69, 9.17) is 10.7 Å². The topological polar surface area (TPSA) is 80.3 Å². The summed E-state index contributed by atoms with van der Waals surface area (Å²) < 4.78 is 33.4. The van der Waals surface area contributed by atoms with Gasteiger partial charge in [0.1, 0.15) is 4.21 Å². The van der Waals surface area contributed by atoms with E-state index < -0.39 is 19.9 Å². The zero-order chi connectivity index (χ0) is 14.0. The van der Waals surface area contributed by atoms with Crippen molar-refractivity contribution in [1.82, 2.24) is 5.32 Å². The minimum absolute atomic E-state index is 0.00107. The standard InChI is InChI=1S/C10H12ClNO4S3/c11-19(15,16)9-5-7(6-17-9)10(13)12-8-1-3-18(14)4-2-8/h5-6,8H,1-4H2,(H,12,13). The molecular formula is C10H12ClNO4S3. The van der Waals surface area contributed by atoms with E-state index in [2.05, 4.69) is 5.32 Å². The molecule has 0 aliphatic carbocycles. The Kier molecular flexibility index (Phi) is 4.65.